The molecule has 5 nitrogen and oxygen atoms in total. The molecule has 0 bridgehead atoms. The number of alkyl halides is 3. The lowest BCUT2D eigenvalue weighted by Crippen LogP contribution is -2.32. The summed E-state index contributed by atoms with van der Waals surface area (Å²) in [6.07, 6.45) is -2.85. The van der Waals surface area contributed by atoms with Crippen molar-refractivity contribution in [3.05, 3.63) is 23.8 Å². The predicted octanol–water partition coefficient (Wildman–Crippen LogP) is 3.95. The Morgan fingerprint density at radius 2 is 2.00 bits per heavy atom. The molecule has 148 valence electrons. The molecule has 0 spiro atoms. The van der Waals surface area contributed by atoms with Gasteiger partial charge in [-0.3, -0.25) is 9.59 Å². The summed E-state index contributed by atoms with van der Waals surface area (Å²) in [5.41, 5.74) is 1.38. The molecule has 1 aromatic rings. The molecule has 0 saturated heterocycles. The minimum absolute atomic E-state index is 0.00739. The summed E-state index contributed by atoms with van der Waals surface area (Å²) in [6.45, 7) is 1.81. The Morgan fingerprint density at radius 1 is 1.30 bits per heavy atom. The molecule has 1 aliphatic heterocycles. The van der Waals surface area contributed by atoms with Crippen LogP contribution in [0.3, 0.4) is 0 Å². The molecule has 1 aromatic carbocycles. The molecule has 2 aliphatic rings. The van der Waals surface area contributed by atoms with Gasteiger partial charge in [0.15, 0.2) is 6.61 Å². The van der Waals surface area contributed by atoms with Crippen molar-refractivity contribution in [2.75, 3.05) is 11.9 Å². The molecule has 1 fully saturated rings. The Bertz CT molecular complexity index is 713. The summed E-state index contributed by atoms with van der Waals surface area (Å²) >= 11 is 0. The third-order valence-electron chi connectivity index (χ3n) is 5.30. The highest BCUT2D eigenvalue weighted by molar-refractivity contribution is 5.95. The van der Waals surface area contributed by atoms with E-state index in [1.807, 2.05) is 13.0 Å². The molecule has 1 unspecified atom stereocenters. The summed E-state index contributed by atoms with van der Waals surface area (Å²) < 4.78 is 43.5. The number of amides is 2. The topological polar surface area (TPSA) is 67.4 Å². The highest BCUT2D eigenvalue weighted by atomic mass is 19.4. The Kier molecular flexibility index (Phi) is 5.62. The highest BCUT2D eigenvalue weighted by Crippen LogP contribution is 2.40. The van der Waals surface area contributed by atoms with Crippen molar-refractivity contribution in [3.63, 3.8) is 0 Å². The van der Waals surface area contributed by atoms with Crippen LogP contribution in [0, 0.1) is 11.8 Å². The van der Waals surface area contributed by atoms with Crippen molar-refractivity contribution in [1.82, 2.24) is 5.32 Å². The Labute approximate surface area is 155 Å². The number of carbonyl (C=O) groups is 2. The van der Waals surface area contributed by atoms with Gasteiger partial charge < -0.3 is 15.4 Å². The minimum atomic E-state index is -4.13. The van der Waals surface area contributed by atoms with Gasteiger partial charge in [-0.2, -0.15) is 13.2 Å². The zero-order valence-corrected chi connectivity index (χ0v) is 15.1. The third kappa shape index (κ3) is 4.93. The van der Waals surface area contributed by atoms with E-state index in [2.05, 4.69) is 10.6 Å². The molecule has 0 aromatic heterocycles. The van der Waals surface area contributed by atoms with Crippen LogP contribution < -0.4 is 15.4 Å². The predicted molar refractivity (Wildman–Crippen MR) is 93.2 cm³/mol. The van der Waals surface area contributed by atoms with Crippen LogP contribution in [0.15, 0.2) is 18.2 Å². The maximum atomic E-state index is 12.7. The summed E-state index contributed by atoms with van der Waals surface area (Å²) in [5.74, 6) is -1.06. The van der Waals surface area contributed by atoms with Crippen LogP contribution in [0.2, 0.25) is 0 Å². The first-order valence-corrected chi connectivity index (χ1v) is 9.15. The zero-order valence-electron chi connectivity index (χ0n) is 15.1. The average molecular weight is 384 g/mol. The van der Waals surface area contributed by atoms with E-state index in [1.54, 1.807) is 12.1 Å². The van der Waals surface area contributed by atoms with Crippen molar-refractivity contribution in [3.8, 4) is 5.75 Å². The van der Waals surface area contributed by atoms with Crippen LogP contribution >= 0.6 is 0 Å². The van der Waals surface area contributed by atoms with Gasteiger partial charge >= 0.3 is 6.18 Å². The van der Waals surface area contributed by atoms with Gasteiger partial charge in [0, 0.05) is 6.42 Å². The van der Waals surface area contributed by atoms with Gasteiger partial charge in [0.25, 0.3) is 5.91 Å². The van der Waals surface area contributed by atoms with Crippen molar-refractivity contribution in [2.24, 2.45) is 11.8 Å². The number of rotatable bonds is 4. The molecule has 2 amide bonds. The van der Waals surface area contributed by atoms with Crippen LogP contribution in [0.25, 0.3) is 0 Å². The molecule has 1 heterocycles. The van der Waals surface area contributed by atoms with Gasteiger partial charge in [0.1, 0.15) is 5.75 Å². The number of anilines is 1. The summed E-state index contributed by atoms with van der Waals surface area (Å²) in [5, 5.41) is 5.61. The quantitative estimate of drug-likeness (QED) is 0.826. The number of halogens is 3. The second-order valence-electron chi connectivity index (χ2n) is 7.35. The second kappa shape index (κ2) is 7.78. The van der Waals surface area contributed by atoms with Crippen LogP contribution in [-0.4, -0.2) is 24.6 Å². The first-order chi connectivity index (χ1) is 12.7. The average Bonchev–Trinajstić information content (AvgIpc) is 2.60. The third-order valence-corrected chi connectivity index (χ3v) is 5.30. The molecular formula is C19H23F3N2O3. The first-order valence-electron chi connectivity index (χ1n) is 9.15. The van der Waals surface area contributed by atoms with E-state index in [4.69, 9.17) is 4.74 Å². The molecule has 0 radical (unpaired) electrons. The van der Waals surface area contributed by atoms with E-state index in [0.29, 0.717) is 24.3 Å². The van der Waals surface area contributed by atoms with Crippen LogP contribution in [0.4, 0.5) is 18.9 Å². The lowest BCUT2D eigenvalue weighted by molar-refractivity contribution is -0.184. The normalized spacial score (nSPS) is 23.6. The van der Waals surface area contributed by atoms with Gasteiger partial charge in [0.05, 0.1) is 17.6 Å². The largest absolute Gasteiger partial charge is 0.482 e. The Morgan fingerprint density at radius 3 is 2.67 bits per heavy atom. The Balaban J connectivity index is 1.51. The number of hydrogen-bond acceptors (Lipinski definition) is 3. The zero-order chi connectivity index (χ0) is 19.6. The molecule has 27 heavy (non-hydrogen) atoms. The van der Waals surface area contributed by atoms with Gasteiger partial charge in [-0.1, -0.05) is 6.07 Å². The number of hydrogen-bond donors (Lipinski definition) is 2. The molecule has 1 saturated carbocycles. The molecular weight excluding hydrogens is 361 g/mol. The first kappa shape index (κ1) is 19.5. The fourth-order valence-electron chi connectivity index (χ4n) is 3.71. The summed E-state index contributed by atoms with van der Waals surface area (Å²) in [6, 6.07) is 5.03. The summed E-state index contributed by atoms with van der Waals surface area (Å²) in [7, 11) is 0. The Hall–Kier alpha value is -2.25. The standard InChI is InChI=1S/C19H23F3N2O3/c1-11(13-4-7-16-15(9-13)24-18(26)10-27-16)23-17(25)8-12-2-5-14(6-3-12)19(20,21)22/h4,7,9,11-12,14H,2-3,5-6,8,10H2,1H3,(H,23,25)(H,24,26). The SMILES string of the molecule is CC(NC(=O)CC1CCC(C(F)(F)F)CC1)c1ccc2c(c1)NC(=O)CO2. The van der Waals surface area contributed by atoms with Crippen molar-refractivity contribution in [1.29, 1.82) is 0 Å². The van der Waals surface area contributed by atoms with Crippen molar-refractivity contribution < 1.29 is 27.5 Å². The van der Waals surface area contributed by atoms with Crippen LogP contribution in [0.1, 0.15) is 50.6 Å². The maximum absolute atomic E-state index is 12.7. The molecule has 8 heteroatoms. The highest BCUT2D eigenvalue weighted by Gasteiger charge is 2.41. The van der Waals surface area contributed by atoms with E-state index < -0.39 is 12.1 Å². The van der Waals surface area contributed by atoms with E-state index in [1.165, 1.54) is 0 Å². The summed E-state index contributed by atoms with van der Waals surface area (Å²) in [4.78, 5) is 23.7. The van der Waals surface area contributed by atoms with Crippen molar-refractivity contribution in [2.45, 2.75) is 51.2 Å². The lowest BCUT2D eigenvalue weighted by Gasteiger charge is -2.29. The molecule has 1 atom stereocenters. The fraction of sp³-hybridized carbons (Fsp3) is 0.579. The fourth-order valence-corrected chi connectivity index (χ4v) is 3.71. The maximum Gasteiger partial charge on any atom is 0.391 e. The number of fused-ring (bicyclic) bond motifs is 1. The number of benzene rings is 1. The van der Waals surface area contributed by atoms with Crippen molar-refractivity contribution >= 4 is 17.5 Å². The lowest BCUT2D eigenvalue weighted by atomic mass is 9.80. The van der Waals surface area contributed by atoms with E-state index in [9.17, 15) is 22.8 Å². The second-order valence-corrected chi connectivity index (χ2v) is 7.35. The molecule has 3 rings (SSSR count). The van der Waals surface area contributed by atoms with Gasteiger partial charge in [-0.25, -0.2) is 0 Å². The van der Waals surface area contributed by atoms with Crippen LogP contribution in [0.5, 0.6) is 5.75 Å². The van der Waals surface area contributed by atoms with E-state index >= 15 is 0 Å². The van der Waals surface area contributed by atoms with Gasteiger partial charge in [-0.15, -0.1) is 0 Å². The minimum Gasteiger partial charge on any atom is -0.482 e. The number of carbonyl (C=O) groups excluding carboxylic acids is 2. The molecule has 2 N–H and O–H groups in total. The monoisotopic (exact) mass is 384 g/mol. The number of nitrogens with one attached hydrogen (secondary N) is 2. The van der Waals surface area contributed by atoms with E-state index in [0.717, 1.165) is 5.56 Å². The van der Waals surface area contributed by atoms with Gasteiger partial charge in [0.2, 0.25) is 5.91 Å². The number of ether oxygens (including phenoxy) is 1. The van der Waals surface area contributed by atoms with E-state index in [-0.39, 0.29) is 49.6 Å². The smallest absolute Gasteiger partial charge is 0.391 e. The van der Waals surface area contributed by atoms with Gasteiger partial charge in [-0.05, 0) is 56.2 Å². The van der Waals surface area contributed by atoms with Crippen LogP contribution in [-0.2, 0) is 9.59 Å². The molecule has 1 aliphatic carbocycles.